The fourth-order valence-electron chi connectivity index (χ4n) is 3.79. The molecule has 1 fully saturated rings. The van der Waals surface area contributed by atoms with Crippen LogP contribution in [0.2, 0.25) is 0 Å². The molecule has 0 spiro atoms. The van der Waals surface area contributed by atoms with Gasteiger partial charge in [-0.3, -0.25) is 0 Å². The van der Waals surface area contributed by atoms with E-state index in [4.69, 9.17) is 4.98 Å². The molecule has 0 bridgehead atoms. The molecule has 4 rings (SSSR count). The molecule has 2 amide bonds. The number of anilines is 1. The van der Waals surface area contributed by atoms with Crippen LogP contribution in [0.15, 0.2) is 36.4 Å². The number of nitrogens with one attached hydrogen (secondary N) is 2. The van der Waals surface area contributed by atoms with Gasteiger partial charge in [-0.25, -0.2) is 9.78 Å². The Morgan fingerprint density at radius 2 is 2.00 bits per heavy atom. The number of hydrogen-bond donors (Lipinski definition) is 2. The first-order valence-corrected chi connectivity index (χ1v) is 9.59. The van der Waals surface area contributed by atoms with Gasteiger partial charge in [0.1, 0.15) is 5.82 Å². The quantitative estimate of drug-likeness (QED) is 0.681. The predicted octanol–water partition coefficient (Wildman–Crippen LogP) is 4.90. The van der Waals surface area contributed by atoms with Crippen molar-refractivity contribution in [1.82, 2.24) is 14.9 Å². The Bertz CT molecular complexity index is 952. The van der Waals surface area contributed by atoms with Crippen LogP contribution in [-0.2, 0) is 0 Å². The Balaban J connectivity index is 1.50. The molecule has 1 aromatic heterocycles. The minimum atomic E-state index is -0.0342. The van der Waals surface area contributed by atoms with Crippen LogP contribution in [0.3, 0.4) is 0 Å². The smallest absolute Gasteiger partial charge is 0.321 e. The van der Waals surface area contributed by atoms with Crippen molar-refractivity contribution in [3.63, 3.8) is 0 Å². The SMILES string of the molecule is Cc1cccc(NC(=O)N2CCCC(c3nc4cc(C)c(C)cc4[nH]3)C2)c1. The molecule has 2 aromatic carbocycles. The molecule has 5 heteroatoms. The molecule has 1 saturated heterocycles. The minimum absolute atomic E-state index is 0.0342. The second kappa shape index (κ2) is 7.06. The Kier molecular flexibility index (Phi) is 4.60. The first-order chi connectivity index (χ1) is 13.0. The van der Waals surface area contributed by atoms with Crippen molar-refractivity contribution in [2.45, 2.75) is 39.5 Å². The lowest BCUT2D eigenvalue weighted by Gasteiger charge is -2.31. The second-order valence-electron chi connectivity index (χ2n) is 7.66. The third kappa shape index (κ3) is 3.68. The number of urea groups is 1. The predicted molar refractivity (Wildman–Crippen MR) is 109 cm³/mol. The molecule has 27 heavy (non-hydrogen) atoms. The van der Waals surface area contributed by atoms with Crippen molar-refractivity contribution in [3.05, 3.63) is 58.9 Å². The average Bonchev–Trinajstić information content (AvgIpc) is 3.05. The van der Waals surface area contributed by atoms with Crippen molar-refractivity contribution < 1.29 is 4.79 Å². The van der Waals surface area contributed by atoms with Crippen LogP contribution in [-0.4, -0.2) is 34.0 Å². The van der Waals surface area contributed by atoms with Crippen molar-refractivity contribution >= 4 is 22.8 Å². The van der Waals surface area contributed by atoms with E-state index in [1.54, 1.807) is 0 Å². The molecule has 1 aliphatic heterocycles. The van der Waals surface area contributed by atoms with Crippen molar-refractivity contribution in [3.8, 4) is 0 Å². The molecule has 1 unspecified atom stereocenters. The summed E-state index contributed by atoms with van der Waals surface area (Å²) in [6.07, 6.45) is 2.03. The second-order valence-corrected chi connectivity index (χ2v) is 7.66. The van der Waals surface area contributed by atoms with E-state index in [1.165, 1.54) is 11.1 Å². The molecule has 1 atom stereocenters. The van der Waals surface area contributed by atoms with Crippen molar-refractivity contribution in [2.24, 2.45) is 0 Å². The van der Waals surface area contributed by atoms with E-state index in [9.17, 15) is 4.79 Å². The number of hydrogen-bond acceptors (Lipinski definition) is 2. The standard InChI is InChI=1S/C22H26N4O/c1-14-6-4-8-18(10-14)23-22(27)26-9-5-7-17(13-26)21-24-19-11-15(2)16(3)12-20(19)25-21/h4,6,8,10-12,17H,5,7,9,13H2,1-3H3,(H,23,27)(H,24,25). The number of carbonyl (C=O) groups is 1. The topological polar surface area (TPSA) is 61.0 Å². The van der Waals surface area contributed by atoms with Crippen LogP contribution < -0.4 is 5.32 Å². The van der Waals surface area contributed by atoms with E-state index < -0.39 is 0 Å². The molecule has 3 aromatic rings. The Labute approximate surface area is 159 Å². The molecular weight excluding hydrogens is 336 g/mol. The average molecular weight is 362 g/mol. The molecule has 5 nitrogen and oxygen atoms in total. The van der Waals surface area contributed by atoms with Crippen molar-refractivity contribution in [1.29, 1.82) is 0 Å². The molecule has 140 valence electrons. The van der Waals surface area contributed by atoms with Gasteiger partial charge in [0.25, 0.3) is 0 Å². The number of carbonyl (C=O) groups excluding carboxylic acids is 1. The number of benzene rings is 2. The summed E-state index contributed by atoms with van der Waals surface area (Å²) in [6.45, 7) is 7.73. The summed E-state index contributed by atoms with van der Waals surface area (Å²) in [5, 5.41) is 3.02. The highest BCUT2D eigenvalue weighted by molar-refractivity contribution is 5.89. The third-order valence-corrected chi connectivity index (χ3v) is 5.48. The number of rotatable bonds is 2. The van der Waals surface area contributed by atoms with Crippen LogP contribution in [0.25, 0.3) is 11.0 Å². The maximum Gasteiger partial charge on any atom is 0.321 e. The normalized spacial score (nSPS) is 17.3. The van der Waals surface area contributed by atoms with Gasteiger partial charge in [0.05, 0.1) is 11.0 Å². The number of imidazole rings is 1. The lowest BCUT2D eigenvalue weighted by atomic mass is 9.97. The van der Waals surface area contributed by atoms with Crippen LogP contribution >= 0.6 is 0 Å². The summed E-state index contributed by atoms with van der Waals surface area (Å²) < 4.78 is 0. The molecule has 2 heterocycles. The zero-order chi connectivity index (χ0) is 19.0. The van der Waals surface area contributed by atoms with Crippen LogP contribution in [0.4, 0.5) is 10.5 Å². The van der Waals surface area contributed by atoms with E-state index in [2.05, 4.69) is 36.3 Å². The van der Waals surface area contributed by atoms with Crippen molar-refractivity contribution in [2.75, 3.05) is 18.4 Å². The zero-order valence-corrected chi connectivity index (χ0v) is 16.2. The summed E-state index contributed by atoms with van der Waals surface area (Å²) >= 11 is 0. The summed E-state index contributed by atoms with van der Waals surface area (Å²) in [7, 11) is 0. The lowest BCUT2D eigenvalue weighted by Crippen LogP contribution is -2.41. The van der Waals surface area contributed by atoms with Gasteiger partial charge in [-0.05, 0) is 74.6 Å². The van der Waals surface area contributed by atoms with E-state index >= 15 is 0 Å². The van der Waals surface area contributed by atoms with Gasteiger partial charge in [-0.1, -0.05) is 12.1 Å². The van der Waals surface area contributed by atoms with Gasteiger partial charge >= 0.3 is 6.03 Å². The molecule has 0 aliphatic carbocycles. The highest BCUT2D eigenvalue weighted by Gasteiger charge is 2.27. The molecule has 0 radical (unpaired) electrons. The Hall–Kier alpha value is -2.82. The number of aromatic nitrogens is 2. The van der Waals surface area contributed by atoms with Crippen LogP contribution in [0.5, 0.6) is 0 Å². The van der Waals surface area contributed by atoms with Crippen LogP contribution in [0.1, 0.15) is 41.3 Å². The number of H-pyrrole nitrogens is 1. The third-order valence-electron chi connectivity index (χ3n) is 5.48. The fraction of sp³-hybridized carbons (Fsp3) is 0.364. The number of nitrogens with zero attached hydrogens (tertiary/aromatic N) is 2. The summed E-state index contributed by atoms with van der Waals surface area (Å²) in [6, 6.07) is 12.2. The van der Waals surface area contributed by atoms with Gasteiger partial charge in [-0.2, -0.15) is 0 Å². The summed E-state index contributed by atoms with van der Waals surface area (Å²) in [5.41, 5.74) is 6.58. The van der Waals surface area contributed by atoms with Gasteiger partial charge < -0.3 is 15.2 Å². The largest absolute Gasteiger partial charge is 0.342 e. The van der Waals surface area contributed by atoms with E-state index in [0.717, 1.165) is 47.5 Å². The summed E-state index contributed by atoms with van der Waals surface area (Å²) in [4.78, 5) is 22.9. The van der Waals surface area contributed by atoms with E-state index in [-0.39, 0.29) is 11.9 Å². The number of aryl methyl sites for hydroxylation is 3. The van der Waals surface area contributed by atoms with E-state index in [1.807, 2.05) is 36.1 Å². The monoisotopic (exact) mass is 362 g/mol. The number of aromatic amines is 1. The number of amides is 2. The maximum absolute atomic E-state index is 12.7. The first-order valence-electron chi connectivity index (χ1n) is 9.59. The highest BCUT2D eigenvalue weighted by atomic mass is 16.2. The first kappa shape index (κ1) is 17.6. The number of piperidine rings is 1. The number of fused-ring (bicyclic) bond motifs is 1. The van der Waals surface area contributed by atoms with Gasteiger partial charge in [0.15, 0.2) is 0 Å². The molecule has 1 aliphatic rings. The maximum atomic E-state index is 12.7. The Morgan fingerprint density at radius 1 is 1.19 bits per heavy atom. The molecule has 0 saturated carbocycles. The number of likely N-dealkylation sites (tertiary alicyclic amines) is 1. The van der Waals surface area contributed by atoms with Gasteiger partial charge in [0.2, 0.25) is 0 Å². The molecule has 2 N–H and O–H groups in total. The van der Waals surface area contributed by atoms with Crippen LogP contribution in [0, 0.1) is 20.8 Å². The van der Waals surface area contributed by atoms with Gasteiger partial charge in [-0.15, -0.1) is 0 Å². The molecular formula is C22H26N4O. The van der Waals surface area contributed by atoms with E-state index in [0.29, 0.717) is 6.54 Å². The highest BCUT2D eigenvalue weighted by Crippen LogP contribution is 2.28. The lowest BCUT2D eigenvalue weighted by molar-refractivity contribution is 0.191. The van der Waals surface area contributed by atoms with Gasteiger partial charge in [0, 0.05) is 24.7 Å². The zero-order valence-electron chi connectivity index (χ0n) is 16.2. The summed E-state index contributed by atoms with van der Waals surface area (Å²) in [5.74, 6) is 1.23. The fourth-order valence-corrected chi connectivity index (χ4v) is 3.79. The Morgan fingerprint density at radius 3 is 2.81 bits per heavy atom. The minimum Gasteiger partial charge on any atom is -0.342 e.